The maximum atomic E-state index is 9.63. The van der Waals surface area contributed by atoms with Gasteiger partial charge in [0.05, 0.1) is 0 Å². The molecule has 39 heavy (non-hydrogen) atoms. The van der Waals surface area contributed by atoms with Crippen molar-refractivity contribution < 1.29 is 58.4 Å². The molecule has 0 aliphatic heterocycles. The number of rotatable bonds is 10. The summed E-state index contributed by atoms with van der Waals surface area (Å²) in [5.74, 6) is 6.59. The molecule has 10 heteroatoms. The van der Waals surface area contributed by atoms with E-state index in [2.05, 4.69) is 60.9 Å². The molecule has 0 saturated carbocycles. The zero-order chi connectivity index (χ0) is 31.1. The van der Waals surface area contributed by atoms with Crippen molar-refractivity contribution in [3.05, 3.63) is 98.0 Å². The summed E-state index contributed by atoms with van der Waals surface area (Å²) in [6.45, 7) is 30.9. The normalized spacial score (nSPS) is 8.85. The van der Waals surface area contributed by atoms with Crippen LogP contribution in [0, 0.1) is 64.9 Å². The van der Waals surface area contributed by atoms with Gasteiger partial charge in [-0.15, -0.1) is 0 Å². The predicted octanol–water partition coefficient (Wildman–Crippen LogP) is 3.74. The Bertz CT molecular complexity index is 1020. The van der Waals surface area contributed by atoms with Gasteiger partial charge in [0.25, 0.3) is 0 Å². The third-order valence-electron chi connectivity index (χ3n) is 4.18. The van der Waals surface area contributed by atoms with E-state index in [4.69, 9.17) is 37.5 Å². The molecule has 2 aromatic carbocycles. The van der Waals surface area contributed by atoms with Crippen LogP contribution < -0.4 is 0 Å². The monoisotopic (exact) mass is 572 g/mol. The van der Waals surface area contributed by atoms with Gasteiger partial charge in [0.1, 0.15) is 0 Å². The fourth-order valence-corrected chi connectivity index (χ4v) is 3.47. The fourth-order valence-electron chi connectivity index (χ4n) is 2.84. The number of hydrogen-bond donors (Lipinski definition) is 1. The molecule has 0 aliphatic rings. The summed E-state index contributed by atoms with van der Waals surface area (Å²) in [5, 5.41) is 9.63. The Balaban J connectivity index is -0.000000549. The molecule has 0 bridgehead atoms. The van der Waals surface area contributed by atoms with Crippen LogP contribution in [0.2, 0.25) is 0 Å². The van der Waals surface area contributed by atoms with Crippen LogP contribution in [0.5, 0.6) is 5.75 Å². The summed E-state index contributed by atoms with van der Waals surface area (Å²) in [4.78, 5) is 0. The van der Waals surface area contributed by atoms with Gasteiger partial charge in [-0.1, -0.05) is 30.3 Å². The molecule has 1 atom stereocenters. The quantitative estimate of drug-likeness (QED) is 0.200. The average molecular weight is 573 g/mol. The predicted molar refractivity (Wildman–Crippen MR) is 131 cm³/mol. The number of ether oxygens (including phenoxy) is 3. The minimum atomic E-state index is 0.157. The SMILES string of the molecule is Cc1cc(O)cc(C)c1[C](=[Cr])OCCOCC#CC(C)COCc1ccccc1.[C-]#[O+].[C-]#[O+].[C-]#[O+].[C-]#[O+].[C-]#[O+]. The molecule has 2 aromatic rings. The van der Waals surface area contributed by atoms with Crippen LogP contribution in [0.25, 0.3) is 0 Å². The first-order chi connectivity index (χ1) is 19.0. The molecule has 1 N–H and O–H groups in total. The van der Waals surface area contributed by atoms with Crippen molar-refractivity contribution in [1.29, 1.82) is 0 Å². The summed E-state index contributed by atoms with van der Waals surface area (Å²) in [7, 11) is 0. The summed E-state index contributed by atoms with van der Waals surface area (Å²) in [6.07, 6.45) is 0. The van der Waals surface area contributed by atoms with E-state index in [9.17, 15) is 5.11 Å². The summed E-state index contributed by atoms with van der Waals surface area (Å²) in [6, 6.07) is 13.6. The van der Waals surface area contributed by atoms with Crippen LogP contribution in [0.1, 0.15) is 29.2 Å². The van der Waals surface area contributed by atoms with E-state index in [-0.39, 0.29) is 11.7 Å². The molecule has 0 spiro atoms. The Morgan fingerprint density at radius 1 is 0.872 bits per heavy atom. The summed E-state index contributed by atoms with van der Waals surface area (Å²) >= 11 is 2.96. The zero-order valence-corrected chi connectivity index (χ0v) is 23.1. The summed E-state index contributed by atoms with van der Waals surface area (Å²) < 4.78 is 55.1. The number of hydrogen-bond acceptors (Lipinski definition) is 4. The maximum absolute atomic E-state index is 9.63. The second-order valence-electron chi connectivity index (χ2n) is 6.87. The van der Waals surface area contributed by atoms with E-state index in [0.717, 1.165) is 22.3 Å². The molecule has 2 rings (SSSR count). The number of phenolic OH excluding ortho intramolecular Hbond substituents is 1. The van der Waals surface area contributed by atoms with Crippen molar-refractivity contribution in [3.63, 3.8) is 0 Å². The van der Waals surface area contributed by atoms with Crippen molar-refractivity contribution in [2.75, 3.05) is 26.4 Å². The first-order valence-corrected chi connectivity index (χ1v) is 11.3. The average Bonchev–Trinajstić information content (AvgIpc) is 2.98. The van der Waals surface area contributed by atoms with E-state index < -0.39 is 0 Å². The fraction of sp³-hybridized carbons (Fsp3) is 0.310. The van der Waals surface area contributed by atoms with E-state index in [0.29, 0.717) is 37.6 Å². The molecule has 0 fully saturated rings. The first-order valence-electron chi connectivity index (χ1n) is 10.6. The second kappa shape index (κ2) is 32.8. The molecular formula is C29H28CrO9. The molecule has 0 heterocycles. The second-order valence-corrected chi connectivity index (χ2v) is 7.44. The summed E-state index contributed by atoms with van der Waals surface area (Å²) in [5.41, 5.74) is 4.07. The molecular weight excluding hydrogens is 544 g/mol. The molecule has 0 radical (unpaired) electrons. The molecule has 0 aliphatic carbocycles. The number of aromatic hydroxyl groups is 1. The molecule has 0 saturated heterocycles. The van der Waals surface area contributed by atoms with Crippen molar-refractivity contribution in [1.82, 2.24) is 0 Å². The third kappa shape index (κ3) is 22.5. The van der Waals surface area contributed by atoms with E-state index in [1.165, 1.54) is 0 Å². The van der Waals surface area contributed by atoms with Crippen LogP contribution in [0.15, 0.2) is 42.5 Å². The Labute approximate surface area is 238 Å². The van der Waals surface area contributed by atoms with Gasteiger partial charge in [-0.2, -0.15) is 0 Å². The van der Waals surface area contributed by atoms with Crippen molar-refractivity contribution in [2.24, 2.45) is 5.92 Å². The van der Waals surface area contributed by atoms with E-state index in [1.807, 2.05) is 51.1 Å². The Morgan fingerprint density at radius 2 is 1.38 bits per heavy atom. The molecule has 0 aromatic heterocycles. The standard InChI is InChI=1S/C24H28O4.5CO.Cr/c1-19(16-28-17-22-9-5-4-6-10-22)8-7-11-26-12-13-27-18-24-20(2)14-23(25)15-21(24)3;5*1-2;/h4-6,9-10,14-15,19,25H,11-13,16-17H2,1-3H3;;;;;;. The Kier molecular flexibility index (Phi) is 36.1. The first kappa shape index (κ1) is 42.9. The van der Waals surface area contributed by atoms with Gasteiger partial charge in [-0.25, -0.2) is 0 Å². The zero-order valence-electron chi connectivity index (χ0n) is 21.8. The topological polar surface area (TPSA) is 147 Å². The van der Waals surface area contributed by atoms with Crippen LogP contribution in [0.3, 0.4) is 0 Å². The van der Waals surface area contributed by atoms with Gasteiger partial charge >= 0.3 is 202 Å². The molecule has 0 amide bonds. The van der Waals surface area contributed by atoms with Crippen LogP contribution in [-0.4, -0.2) is 36.1 Å². The molecule has 1 unspecified atom stereocenters. The van der Waals surface area contributed by atoms with Gasteiger partial charge in [-0.05, 0) is 5.56 Å². The van der Waals surface area contributed by atoms with Gasteiger partial charge in [0.2, 0.25) is 0 Å². The van der Waals surface area contributed by atoms with Crippen molar-refractivity contribution in [3.8, 4) is 17.6 Å². The van der Waals surface area contributed by atoms with Crippen LogP contribution in [0.4, 0.5) is 0 Å². The van der Waals surface area contributed by atoms with Gasteiger partial charge in [-0.3, -0.25) is 0 Å². The van der Waals surface area contributed by atoms with Crippen molar-refractivity contribution in [2.45, 2.75) is 27.4 Å². The Hall–Kier alpha value is -3.22. The van der Waals surface area contributed by atoms with Crippen LogP contribution >= 0.6 is 0 Å². The van der Waals surface area contributed by atoms with Gasteiger partial charge < -0.3 is 0 Å². The van der Waals surface area contributed by atoms with E-state index in [1.54, 1.807) is 12.1 Å². The Morgan fingerprint density at radius 3 is 1.90 bits per heavy atom. The van der Waals surface area contributed by atoms with E-state index >= 15 is 0 Å². The van der Waals surface area contributed by atoms with Crippen molar-refractivity contribution >= 4 is 4.57 Å². The van der Waals surface area contributed by atoms with Gasteiger partial charge in [0, 0.05) is 0 Å². The number of benzene rings is 2. The number of aryl methyl sites for hydroxylation is 2. The molecule has 9 nitrogen and oxygen atoms in total. The van der Waals surface area contributed by atoms with Crippen LogP contribution in [-0.2, 0) is 59.9 Å². The molecule has 204 valence electrons. The third-order valence-corrected chi connectivity index (χ3v) is 4.69. The van der Waals surface area contributed by atoms with Gasteiger partial charge in [0.15, 0.2) is 0 Å². The minimum absolute atomic E-state index is 0.157. The number of phenols is 1.